The number of hydrogen-bond donors (Lipinski definition) is 4. The SMILES string of the molecule is CNC(C)C(=O)NC1CN(C(=O)Nc2ccc(NC(=O)N3CCC(=O)N4[C@H](CC[C@H]4C)CC3)cc2)CC[C@H]2CCC(C)N2C1=O. The van der Waals surface area contributed by atoms with E-state index in [0.29, 0.717) is 43.9 Å². The van der Waals surface area contributed by atoms with Crippen LogP contribution in [0.3, 0.4) is 0 Å². The second kappa shape index (κ2) is 14.1. The van der Waals surface area contributed by atoms with Gasteiger partial charge in [-0.05, 0) is 90.6 Å². The van der Waals surface area contributed by atoms with E-state index in [1.165, 1.54) is 0 Å². The first-order valence-electron chi connectivity index (χ1n) is 16.4. The summed E-state index contributed by atoms with van der Waals surface area (Å²) in [7, 11) is 1.68. The van der Waals surface area contributed by atoms with E-state index in [4.69, 9.17) is 0 Å². The van der Waals surface area contributed by atoms with Crippen molar-refractivity contribution in [1.29, 1.82) is 0 Å². The summed E-state index contributed by atoms with van der Waals surface area (Å²) in [4.78, 5) is 72.8. The molecule has 7 amide bonds. The Morgan fingerprint density at radius 2 is 1.29 bits per heavy atom. The molecule has 4 aliphatic rings. The van der Waals surface area contributed by atoms with E-state index in [0.717, 1.165) is 32.1 Å². The van der Waals surface area contributed by atoms with Crippen LogP contribution in [0.2, 0.25) is 0 Å². The van der Waals surface area contributed by atoms with Crippen LogP contribution in [0.1, 0.15) is 65.7 Å². The zero-order valence-electron chi connectivity index (χ0n) is 26.9. The van der Waals surface area contributed by atoms with E-state index >= 15 is 0 Å². The molecule has 0 radical (unpaired) electrons. The molecule has 6 atom stereocenters. The van der Waals surface area contributed by atoms with E-state index < -0.39 is 12.1 Å². The lowest BCUT2D eigenvalue weighted by Crippen LogP contribution is -2.61. The van der Waals surface area contributed by atoms with Crippen molar-refractivity contribution in [2.45, 2.75) is 102 Å². The largest absolute Gasteiger partial charge is 0.341 e. The van der Waals surface area contributed by atoms with Gasteiger partial charge in [0.15, 0.2) is 0 Å². The van der Waals surface area contributed by atoms with Gasteiger partial charge in [-0.1, -0.05) is 0 Å². The fourth-order valence-corrected chi connectivity index (χ4v) is 7.17. The molecule has 246 valence electrons. The molecule has 1 aromatic rings. The summed E-state index contributed by atoms with van der Waals surface area (Å²) in [5.41, 5.74) is 1.12. The number of rotatable bonds is 5. The van der Waals surface area contributed by atoms with E-state index in [-0.39, 0.29) is 60.5 Å². The Labute approximate surface area is 265 Å². The second-order valence-corrected chi connectivity index (χ2v) is 13.0. The number of anilines is 2. The topological polar surface area (TPSA) is 146 Å². The van der Waals surface area contributed by atoms with Gasteiger partial charge in [-0.2, -0.15) is 0 Å². The molecular weight excluding hydrogens is 576 g/mol. The van der Waals surface area contributed by atoms with Crippen molar-refractivity contribution in [2.24, 2.45) is 0 Å². The predicted molar refractivity (Wildman–Crippen MR) is 171 cm³/mol. The number of likely N-dealkylation sites (N-methyl/N-ethyl adjacent to an activating group) is 1. The molecule has 4 aliphatic heterocycles. The van der Waals surface area contributed by atoms with Gasteiger partial charge in [0.25, 0.3) is 0 Å². The lowest BCUT2D eigenvalue weighted by molar-refractivity contribution is -0.140. The molecule has 1 aromatic carbocycles. The summed E-state index contributed by atoms with van der Waals surface area (Å²) in [6, 6.07) is 5.52. The molecule has 0 spiro atoms. The molecule has 3 unspecified atom stereocenters. The molecule has 4 saturated heterocycles. The molecule has 0 bridgehead atoms. The van der Waals surface area contributed by atoms with Gasteiger partial charge in [-0.3, -0.25) is 14.4 Å². The highest BCUT2D eigenvalue weighted by atomic mass is 16.2. The van der Waals surface area contributed by atoms with Crippen molar-refractivity contribution in [2.75, 3.05) is 43.9 Å². The Kier molecular flexibility index (Phi) is 10.2. The molecular formula is C32H48N8O5. The first-order valence-corrected chi connectivity index (χ1v) is 16.4. The number of hydrogen-bond acceptors (Lipinski definition) is 6. The van der Waals surface area contributed by atoms with Crippen LogP contribution < -0.4 is 21.3 Å². The van der Waals surface area contributed by atoms with Crippen molar-refractivity contribution in [3.63, 3.8) is 0 Å². The molecule has 0 aromatic heterocycles. The molecule has 45 heavy (non-hydrogen) atoms. The van der Waals surface area contributed by atoms with Gasteiger partial charge in [0, 0.05) is 61.6 Å². The molecule has 13 nitrogen and oxygen atoms in total. The highest BCUT2D eigenvalue weighted by molar-refractivity contribution is 5.94. The van der Waals surface area contributed by atoms with Crippen LogP contribution in [0.15, 0.2) is 24.3 Å². The normalized spacial score (nSPS) is 27.9. The lowest BCUT2D eigenvalue weighted by Gasteiger charge is -2.38. The Morgan fingerprint density at radius 1 is 0.756 bits per heavy atom. The van der Waals surface area contributed by atoms with Crippen molar-refractivity contribution in [1.82, 2.24) is 30.2 Å². The summed E-state index contributed by atoms with van der Waals surface area (Å²) in [6.45, 7) is 7.33. The van der Waals surface area contributed by atoms with Crippen LogP contribution >= 0.6 is 0 Å². The lowest BCUT2D eigenvalue weighted by atomic mass is 10.1. The van der Waals surface area contributed by atoms with E-state index in [1.54, 1.807) is 48.0 Å². The molecule has 5 rings (SSSR count). The quantitative estimate of drug-likeness (QED) is 0.396. The van der Waals surface area contributed by atoms with Crippen LogP contribution in [-0.4, -0.2) is 119 Å². The van der Waals surface area contributed by atoms with Gasteiger partial charge in [0.1, 0.15) is 6.04 Å². The smallest absolute Gasteiger partial charge is 0.321 e. The summed E-state index contributed by atoms with van der Waals surface area (Å²) in [5.74, 6) is -0.336. The first kappa shape index (κ1) is 32.5. The maximum absolute atomic E-state index is 13.6. The number of nitrogens with zero attached hydrogens (tertiary/aromatic N) is 4. The van der Waals surface area contributed by atoms with Gasteiger partial charge in [-0.15, -0.1) is 0 Å². The maximum atomic E-state index is 13.6. The van der Waals surface area contributed by atoms with Crippen molar-refractivity contribution in [3.05, 3.63) is 24.3 Å². The maximum Gasteiger partial charge on any atom is 0.321 e. The van der Waals surface area contributed by atoms with Gasteiger partial charge < -0.3 is 40.9 Å². The van der Waals surface area contributed by atoms with Crippen LogP contribution in [-0.2, 0) is 14.4 Å². The minimum Gasteiger partial charge on any atom is -0.341 e. The Morgan fingerprint density at radius 3 is 1.89 bits per heavy atom. The number of carbonyl (C=O) groups excluding carboxylic acids is 5. The molecule has 4 N–H and O–H groups in total. The predicted octanol–water partition coefficient (Wildman–Crippen LogP) is 2.40. The zero-order chi connectivity index (χ0) is 32.2. The number of urea groups is 2. The molecule has 4 fully saturated rings. The summed E-state index contributed by atoms with van der Waals surface area (Å²) in [5, 5.41) is 11.6. The molecule has 4 heterocycles. The summed E-state index contributed by atoms with van der Waals surface area (Å²) < 4.78 is 0. The highest BCUT2D eigenvalue weighted by Gasteiger charge is 2.41. The molecule has 0 aliphatic carbocycles. The van der Waals surface area contributed by atoms with E-state index in [9.17, 15) is 24.0 Å². The Bertz CT molecular complexity index is 1270. The van der Waals surface area contributed by atoms with Crippen molar-refractivity contribution in [3.8, 4) is 0 Å². The number of benzene rings is 1. The summed E-state index contributed by atoms with van der Waals surface area (Å²) >= 11 is 0. The number of amides is 7. The van der Waals surface area contributed by atoms with Crippen LogP contribution in [0, 0.1) is 0 Å². The monoisotopic (exact) mass is 624 g/mol. The van der Waals surface area contributed by atoms with Crippen LogP contribution in [0.5, 0.6) is 0 Å². The molecule has 0 saturated carbocycles. The fourth-order valence-electron chi connectivity index (χ4n) is 7.17. The number of nitrogens with one attached hydrogen (secondary N) is 4. The minimum absolute atomic E-state index is 0.0273. The number of fused-ring (bicyclic) bond motifs is 2. The number of carbonyl (C=O) groups is 5. The van der Waals surface area contributed by atoms with Gasteiger partial charge in [-0.25, -0.2) is 9.59 Å². The highest BCUT2D eigenvalue weighted by Crippen LogP contribution is 2.30. The standard InChI is InChI=1S/C32H48N8O5/c1-20-5-11-25-13-16-37(18-15-28(41)39(20)25)31(44)34-23-7-9-24(10-8-23)35-32(45)38-17-14-26-12-6-21(2)40(26)30(43)27(19-38)36-29(42)22(3)33-4/h7-10,20-22,25-27,33H,5-6,11-19H2,1-4H3,(H,34,44)(H,35,45)(H,36,42)/t20-,21?,22?,25-,26-,27?/m1/s1. The first-order chi connectivity index (χ1) is 21.5. The van der Waals surface area contributed by atoms with Crippen LogP contribution in [0.25, 0.3) is 0 Å². The van der Waals surface area contributed by atoms with E-state index in [2.05, 4.69) is 28.2 Å². The average Bonchev–Trinajstić information content (AvgIpc) is 3.57. The average molecular weight is 625 g/mol. The fraction of sp³-hybridized carbons (Fsp3) is 0.656. The third kappa shape index (κ3) is 7.34. The zero-order valence-corrected chi connectivity index (χ0v) is 26.9. The van der Waals surface area contributed by atoms with Gasteiger partial charge in [0.05, 0.1) is 12.6 Å². The van der Waals surface area contributed by atoms with Gasteiger partial charge >= 0.3 is 12.1 Å². The Hall–Kier alpha value is -3.87. The Balaban J connectivity index is 1.19. The van der Waals surface area contributed by atoms with E-state index in [1.807, 2.05) is 16.7 Å². The molecule has 13 heteroatoms. The minimum atomic E-state index is -0.848. The van der Waals surface area contributed by atoms with Crippen molar-refractivity contribution >= 4 is 41.2 Å². The summed E-state index contributed by atoms with van der Waals surface area (Å²) in [6.07, 6.45) is 5.51. The van der Waals surface area contributed by atoms with Gasteiger partial charge in [0.2, 0.25) is 17.7 Å². The van der Waals surface area contributed by atoms with Crippen LogP contribution in [0.4, 0.5) is 21.0 Å². The van der Waals surface area contributed by atoms with Crippen molar-refractivity contribution < 1.29 is 24.0 Å². The second-order valence-electron chi connectivity index (χ2n) is 13.0. The third-order valence-corrected chi connectivity index (χ3v) is 9.98. The third-order valence-electron chi connectivity index (χ3n) is 9.98.